The third-order valence-corrected chi connectivity index (χ3v) is 3.21. The van der Waals surface area contributed by atoms with Crippen molar-refractivity contribution in [3.8, 4) is 0 Å². The lowest BCUT2D eigenvalue weighted by atomic mass is 10.0. The van der Waals surface area contributed by atoms with Crippen molar-refractivity contribution in [2.24, 2.45) is 0 Å². The molecule has 18 heavy (non-hydrogen) atoms. The largest absolute Gasteiger partial charge is 0.395 e. The topological polar surface area (TPSA) is 95.2 Å². The normalized spacial score (nSPS) is 11.9. The minimum absolute atomic E-state index is 0.128. The van der Waals surface area contributed by atoms with E-state index in [0.29, 0.717) is 5.69 Å². The van der Waals surface area contributed by atoms with Crippen LogP contribution < -0.4 is 5.73 Å². The lowest BCUT2D eigenvalue weighted by Gasteiger charge is -2.33. The van der Waals surface area contributed by atoms with Gasteiger partial charge in [-0.2, -0.15) is 5.10 Å². The quantitative estimate of drug-likeness (QED) is 0.745. The molecule has 0 spiro atoms. The molecule has 0 saturated carbocycles. The average molecular weight is 254 g/mol. The Balaban J connectivity index is 3.05. The number of H-pyrrole nitrogens is 1. The molecule has 0 saturated heterocycles. The number of aromatic amines is 1. The van der Waals surface area contributed by atoms with E-state index in [4.69, 9.17) is 5.73 Å². The van der Waals surface area contributed by atoms with Gasteiger partial charge in [0.25, 0.3) is 5.91 Å². The highest BCUT2D eigenvalue weighted by atomic mass is 16.3. The lowest BCUT2D eigenvalue weighted by molar-refractivity contribution is 0.0468. The number of aromatic nitrogens is 2. The molecule has 0 aliphatic rings. The van der Waals surface area contributed by atoms with Crippen LogP contribution in [0.4, 0.5) is 5.69 Å². The monoisotopic (exact) mass is 254 g/mol. The lowest BCUT2D eigenvalue weighted by Crippen LogP contribution is -2.47. The number of likely N-dealkylation sites (N-methyl/N-ethyl adjacent to an activating group) is 1. The molecular weight excluding hydrogens is 232 g/mol. The van der Waals surface area contributed by atoms with Gasteiger partial charge in [0, 0.05) is 7.05 Å². The van der Waals surface area contributed by atoms with Crippen molar-refractivity contribution in [2.75, 3.05) is 19.4 Å². The van der Waals surface area contributed by atoms with E-state index in [1.54, 1.807) is 20.9 Å². The Morgan fingerprint density at radius 1 is 1.56 bits per heavy atom. The van der Waals surface area contributed by atoms with Crippen LogP contribution in [0.5, 0.6) is 0 Å². The highest BCUT2D eigenvalue weighted by Gasteiger charge is 2.30. The maximum atomic E-state index is 12.3. The molecule has 102 valence electrons. The Morgan fingerprint density at radius 3 is 2.50 bits per heavy atom. The van der Waals surface area contributed by atoms with Crippen LogP contribution >= 0.6 is 0 Å². The predicted octanol–water partition coefficient (Wildman–Crippen LogP) is 0.958. The van der Waals surface area contributed by atoms with Crippen LogP contribution in [0.2, 0.25) is 0 Å². The number of hydrogen-bond acceptors (Lipinski definition) is 4. The van der Waals surface area contributed by atoms with E-state index < -0.39 is 5.54 Å². The number of carbonyl (C=O) groups excluding carboxylic acids is 1. The minimum atomic E-state index is -0.652. The molecule has 0 fully saturated rings. The molecule has 0 aliphatic heterocycles. The fraction of sp³-hybridized carbons (Fsp3) is 0.667. The van der Waals surface area contributed by atoms with Gasteiger partial charge in [0.1, 0.15) is 0 Å². The average Bonchev–Trinajstić information content (AvgIpc) is 2.69. The zero-order valence-electron chi connectivity index (χ0n) is 11.6. The van der Waals surface area contributed by atoms with Gasteiger partial charge >= 0.3 is 0 Å². The van der Waals surface area contributed by atoms with E-state index in [1.807, 2.05) is 13.8 Å². The summed E-state index contributed by atoms with van der Waals surface area (Å²) in [5.41, 5.74) is 6.63. The van der Waals surface area contributed by atoms with Crippen LogP contribution in [-0.4, -0.2) is 45.3 Å². The van der Waals surface area contributed by atoms with Gasteiger partial charge in [-0.05, 0) is 19.8 Å². The second kappa shape index (κ2) is 4.97. The Labute approximate surface area is 107 Å². The summed E-state index contributed by atoms with van der Waals surface area (Å²) in [6, 6.07) is 0. The molecule has 6 heteroatoms. The Kier molecular flexibility index (Phi) is 4.01. The summed E-state index contributed by atoms with van der Waals surface area (Å²) in [6.07, 6.45) is 0. The fourth-order valence-electron chi connectivity index (χ4n) is 1.51. The van der Waals surface area contributed by atoms with Crippen molar-refractivity contribution in [3.63, 3.8) is 0 Å². The molecule has 4 N–H and O–H groups in total. The third-order valence-electron chi connectivity index (χ3n) is 3.21. The summed E-state index contributed by atoms with van der Waals surface area (Å²) in [6.45, 7) is 7.36. The maximum Gasteiger partial charge on any atom is 0.276 e. The number of nitrogen functional groups attached to an aromatic ring is 1. The van der Waals surface area contributed by atoms with Gasteiger partial charge < -0.3 is 15.7 Å². The molecule has 0 aliphatic carbocycles. The molecule has 0 unspecified atom stereocenters. The number of hydrogen-bond donors (Lipinski definition) is 3. The van der Waals surface area contributed by atoms with Crippen LogP contribution in [0.3, 0.4) is 0 Å². The highest BCUT2D eigenvalue weighted by Crippen LogP contribution is 2.24. The van der Waals surface area contributed by atoms with E-state index in [1.165, 1.54) is 4.90 Å². The SMILES string of the molecule is CC(C)c1[nH]nc(C(=O)N(C)C(C)(C)CO)c1N. The van der Waals surface area contributed by atoms with Gasteiger partial charge in [-0.1, -0.05) is 13.8 Å². The van der Waals surface area contributed by atoms with Crippen LogP contribution in [0, 0.1) is 0 Å². The number of nitrogens with one attached hydrogen (secondary N) is 1. The van der Waals surface area contributed by atoms with Crippen LogP contribution in [0.15, 0.2) is 0 Å². The van der Waals surface area contributed by atoms with Gasteiger partial charge in [0.15, 0.2) is 5.69 Å². The van der Waals surface area contributed by atoms with Gasteiger partial charge in [-0.15, -0.1) is 0 Å². The number of aliphatic hydroxyl groups excluding tert-OH is 1. The summed E-state index contributed by atoms with van der Waals surface area (Å²) in [5, 5.41) is 16.0. The Bertz CT molecular complexity index is 437. The minimum Gasteiger partial charge on any atom is -0.395 e. The van der Waals surface area contributed by atoms with Gasteiger partial charge in [-0.3, -0.25) is 9.89 Å². The van der Waals surface area contributed by atoms with Crippen LogP contribution in [-0.2, 0) is 0 Å². The molecule has 1 amide bonds. The smallest absolute Gasteiger partial charge is 0.276 e. The van der Waals surface area contributed by atoms with Gasteiger partial charge in [0.2, 0.25) is 0 Å². The zero-order valence-corrected chi connectivity index (χ0v) is 11.6. The number of amides is 1. The third kappa shape index (κ3) is 2.48. The van der Waals surface area contributed by atoms with Crippen molar-refractivity contribution in [2.45, 2.75) is 39.2 Å². The first-order valence-corrected chi connectivity index (χ1v) is 5.95. The number of nitrogens with zero attached hydrogens (tertiary/aromatic N) is 2. The van der Waals surface area contributed by atoms with E-state index in [-0.39, 0.29) is 24.1 Å². The highest BCUT2D eigenvalue weighted by molar-refractivity contribution is 5.98. The molecule has 0 radical (unpaired) electrons. The zero-order chi connectivity index (χ0) is 14.1. The standard InChI is InChI=1S/C12H22N4O2/c1-7(2)9-8(13)10(15-14-9)11(18)16(5)12(3,4)6-17/h7,17H,6,13H2,1-5H3,(H,14,15). The number of aliphatic hydroxyl groups is 1. The molecule has 0 bridgehead atoms. The number of anilines is 1. The first-order chi connectivity index (χ1) is 8.22. The van der Waals surface area contributed by atoms with Crippen molar-refractivity contribution in [1.29, 1.82) is 0 Å². The van der Waals surface area contributed by atoms with Crippen molar-refractivity contribution in [1.82, 2.24) is 15.1 Å². The van der Waals surface area contributed by atoms with Crippen molar-refractivity contribution in [3.05, 3.63) is 11.4 Å². The number of rotatable bonds is 4. The van der Waals surface area contributed by atoms with E-state index >= 15 is 0 Å². The van der Waals surface area contributed by atoms with Gasteiger partial charge in [0.05, 0.1) is 23.5 Å². The predicted molar refractivity (Wildman–Crippen MR) is 70.3 cm³/mol. The summed E-state index contributed by atoms with van der Waals surface area (Å²) in [4.78, 5) is 13.7. The maximum absolute atomic E-state index is 12.3. The first kappa shape index (κ1) is 14.5. The molecule has 1 heterocycles. The molecule has 1 rings (SSSR count). The Morgan fingerprint density at radius 2 is 2.11 bits per heavy atom. The second-order valence-electron chi connectivity index (χ2n) is 5.39. The fourth-order valence-corrected chi connectivity index (χ4v) is 1.51. The number of nitrogens with two attached hydrogens (primary N) is 1. The van der Waals surface area contributed by atoms with E-state index in [9.17, 15) is 9.90 Å². The van der Waals surface area contributed by atoms with Crippen LogP contribution in [0.25, 0.3) is 0 Å². The second-order valence-corrected chi connectivity index (χ2v) is 5.39. The van der Waals surface area contributed by atoms with Gasteiger partial charge in [-0.25, -0.2) is 0 Å². The molecule has 1 aromatic heterocycles. The Hall–Kier alpha value is -1.56. The summed E-state index contributed by atoms with van der Waals surface area (Å²) in [7, 11) is 1.63. The number of carbonyl (C=O) groups is 1. The van der Waals surface area contributed by atoms with Crippen molar-refractivity contribution < 1.29 is 9.90 Å². The van der Waals surface area contributed by atoms with E-state index in [0.717, 1.165) is 5.69 Å². The van der Waals surface area contributed by atoms with Crippen molar-refractivity contribution >= 4 is 11.6 Å². The molecule has 1 aromatic rings. The van der Waals surface area contributed by atoms with E-state index in [2.05, 4.69) is 10.2 Å². The summed E-state index contributed by atoms with van der Waals surface area (Å²) in [5.74, 6) is -0.120. The molecule has 0 aromatic carbocycles. The molecule has 6 nitrogen and oxygen atoms in total. The van der Waals surface area contributed by atoms with Crippen LogP contribution in [0.1, 0.15) is 49.8 Å². The first-order valence-electron chi connectivity index (χ1n) is 5.95. The summed E-state index contributed by atoms with van der Waals surface area (Å²) < 4.78 is 0. The molecular formula is C12H22N4O2. The molecule has 0 atom stereocenters. The summed E-state index contributed by atoms with van der Waals surface area (Å²) >= 11 is 0.